The van der Waals surface area contributed by atoms with Crippen LogP contribution in [0.4, 0.5) is 0 Å². The molecule has 1 heterocycles. The van der Waals surface area contributed by atoms with Gasteiger partial charge in [-0.15, -0.1) is 0 Å². The lowest BCUT2D eigenvalue weighted by Gasteiger charge is -2.25. The summed E-state index contributed by atoms with van der Waals surface area (Å²) in [6.07, 6.45) is 0.928. The Hall–Kier alpha value is -2.30. The first kappa shape index (κ1) is 22.0. The SMILES string of the molecule is CCNC(=NCC(C)(C)c1ccc(C)cc1)NC(C)Cc1c(C)nn(C)c1C. The summed E-state index contributed by atoms with van der Waals surface area (Å²) in [5.74, 6) is 0.870. The number of hydrogen-bond acceptors (Lipinski definition) is 2. The molecule has 2 rings (SSSR count). The van der Waals surface area contributed by atoms with E-state index in [4.69, 9.17) is 4.99 Å². The van der Waals surface area contributed by atoms with Gasteiger partial charge in [0.15, 0.2) is 5.96 Å². The molecule has 1 atom stereocenters. The standard InChI is InChI=1S/C23H37N5/c1-9-24-22(25-15-23(6,7)20-12-10-16(2)11-13-20)26-17(3)14-21-18(4)27-28(8)19(21)5/h10-13,17H,9,14-15H2,1-8H3,(H2,24,25,26). The molecule has 0 aliphatic carbocycles. The van der Waals surface area contributed by atoms with Crippen molar-refractivity contribution in [1.82, 2.24) is 20.4 Å². The molecule has 5 heteroatoms. The van der Waals surface area contributed by atoms with Gasteiger partial charge in [0.1, 0.15) is 0 Å². The number of rotatable bonds is 7. The van der Waals surface area contributed by atoms with Gasteiger partial charge in [-0.05, 0) is 52.2 Å². The monoisotopic (exact) mass is 383 g/mol. The number of aryl methyl sites for hydroxylation is 3. The Morgan fingerprint density at radius 3 is 2.36 bits per heavy atom. The summed E-state index contributed by atoms with van der Waals surface area (Å²) in [6, 6.07) is 9.03. The van der Waals surface area contributed by atoms with Crippen molar-refractivity contribution in [3.05, 3.63) is 52.3 Å². The number of aliphatic imine (C=N–C) groups is 1. The van der Waals surface area contributed by atoms with Crippen LogP contribution in [0, 0.1) is 20.8 Å². The van der Waals surface area contributed by atoms with Crippen LogP contribution >= 0.6 is 0 Å². The van der Waals surface area contributed by atoms with Gasteiger partial charge in [-0.2, -0.15) is 5.10 Å². The van der Waals surface area contributed by atoms with Crippen LogP contribution in [-0.2, 0) is 18.9 Å². The second-order valence-corrected chi connectivity index (χ2v) is 8.47. The van der Waals surface area contributed by atoms with Crippen LogP contribution in [0.1, 0.15) is 55.8 Å². The zero-order valence-electron chi connectivity index (χ0n) is 18.8. The fraction of sp³-hybridized carbons (Fsp3) is 0.565. The Kier molecular flexibility index (Phi) is 7.28. The zero-order valence-corrected chi connectivity index (χ0v) is 18.8. The number of guanidine groups is 1. The van der Waals surface area contributed by atoms with Crippen LogP contribution in [0.2, 0.25) is 0 Å². The molecule has 2 aromatic rings. The van der Waals surface area contributed by atoms with Gasteiger partial charge in [0.25, 0.3) is 0 Å². The number of nitrogens with zero attached hydrogens (tertiary/aromatic N) is 3. The highest BCUT2D eigenvalue weighted by Gasteiger charge is 2.21. The maximum absolute atomic E-state index is 4.89. The molecule has 0 aliphatic heterocycles. The molecule has 0 fully saturated rings. The quantitative estimate of drug-likeness (QED) is 0.565. The zero-order chi connectivity index (χ0) is 20.9. The molecule has 1 aromatic heterocycles. The molecule has 5 nitrogen and oxygen atoms in total. The van der Waals surface area contributed by atoms with Crippen molar-refractivity contribution in [3.8, 4) is 0 Å². The Bertz CT molecular complexity index is 799. The van der Waals surface area contributed by atoms with Gasteiger partial charge >= 0.3 is 0 Å². The highest BCUT2D eigenvalue weighted by Crippen LogP contribution is 2.23. The lowest BCUT2D eigenvalue weighted by molar-refractivity contribution is 0.534. The number of hydrogen-bond donors (Lipinski definition) is 2. The highest BCUT2D eigenvalue weighted by atomic mass is 15.3. The van der Waals surface area contributed by atoms with Gasteiger partial charge in [0.05, 0.1) is 12.2 Å². The highest BCUT2D eigenvalue weighted by molar-refractivity contribution is 5.80. The van der Waals surface area contributed by atoms with Crippen molar-refractivity contribution in [2.75, 3.05) is 13.1 Å². The average Bonchev–Trinajstić information content (AvgIpc) is 2.86. The minimum absolute atomic E-state index is 0.0180. The molecule has 0 saturated heterocycles. The first-order chi connectivity index (χ1) is 13.1. The van der Waals surface area contributed by atoms with E-state index in [9.17, 15) is 0 Å². The fourth-order valence-electron chi connectivity index (χ4n) is 3.40. The normalized spacial score (nSPS) is 13.5. The van der Waals surface area contributed by atoms with E-state index in [-0.39, 0.29) is 11.5 Å². The second-order valence-electron chi connectivity index (χ2n) is 8.47. The van der Waals surface area contributed by atoms with Crippen LogP contribution in [0.15, 0.2) is 29.3 Å². The molecular weight excluding hydrogens is 346 g/mol. The topological polar surface area (TPSA) is 54.2 Å². The van der Waals surface area contributed by atoms with E-state index in [1.54, 1.807) is 0 Å². The molecule has 1 unspecified atom stereocenters. The predicted molar refractivity (Wildman–Crippen MR) is 119 cm³/mol. The van der Waals surface area contributed by atoms with Gasteiger partial charge in [0, 0.05) is 30.7 Å². The van der Waals surface area contributed by atoms with Crippen LogP contribution in [0.3, 0.4) is 0 Å². The molecule has 0 radical (unpaired) electrons. The first-order valence-electron chi connectivity index (χ1n) is 10.2. The molecule has 28 heavy (non-hydrogen) atoms. The summed E-state index contributed by atoms with van der Waals surface area (Å²) < 4.78 is 1.96. The summed E-state index contributed by atoms with van der Waals surface area (Å²) in [6.45, 7) is 16.7. The maximum Gasteiger partial charge on any atom is 0.191 e. The Labute approximate surface area is 170 Å². The van der Waals surface area contributed by atoms with Crippen LogP contribution in [0.25, 0.3) is 0 Å². The van der Waals surface area contributed by atoms with Crippen molar-refractivity contribution < 1.29 is 0 Å². The summed E-state index contributed by atoms with van der Waals surface area (Å²) in [5.41, 5.74) is 6.23. The molecule has 2 N–H and O–H groups in total. The molecule has 1 aromatic carbocycles. The van der Waals surface area contributed by atoms with Crippen molar-refractivity contribution in [2.45, 2.75) is 66.3 Å². The van der Waals surface area contributed by atoms with E-state index in [0.29, 0.717) is 0 Å². The van der Waals surface area contributed by atoms with Crippen LogP contribution in [0.5, 0.6) is 0 Å². The molecule has 0 saturated carbocycles. The van der Waals surface area contributed by atoms with Gasteiger partial charge in [-0.3, -0.25) is 9.67 Å². The molecule has 0 amide bonds. The van der Waals surface area contributed by atoms with Crippen LogP contribution in [-0.4, -0.2) is 34.9 Å². The minimum atomic E-state index is -0.0180. The fourth-order valence-corrected chi connectivity index (χ4v) is 3.40. The van der Waals surface area contributed by atoms with E-state index in [2.05, 4.69) is 88.5 Å². The third-order valence-electron chi connectivity index (χ3n) is 5.36. The molecular formula is C23H37N5. The van der Waals surface area contributed by atoms with Crippen LogP contribution < -0.4 is 10.6 Å². The largest absolute Gasteiger partial charge is 0.357 e. The van der Waals surface area contributed by atoms with E-state index in [1.165, 1.54) is 22.4 Å². The third kappa shape index (κ3) is 5.60. The summed E-state index contributed by atoms with van der Waals surface area (Å²) in [4.78, 5) is 4.89. The molecule has 0 bridgehead atoms. The lowest BCUT2D eigenvalue weighted by Crippen LogP contribution is -2.43. The molecule has 0 aliphatic rings. The van der Waals surface area contributed by atoms with Gasteiger partial charge in [-0.1, -0.05) is 43.7 Å². The lowest BCUT2D eigenvalue weighted by atomic mass is 9.84. The van der Waals surface area contributed by atoms with Crippen molar-refractivity contribution in [3.63, 3.8) is 0 Å². The first-order valence-corrected chi connectivity index (χ1v) is 10.2. The van der Waals surface area contributed by atoms with Gasteiger partial charge in [0.2, 0.25) is 0 Å². The van der Waals surface area contributed by atoms with E-state index in [1.807, 2.05) is 11.7 Å². The summed E-state index contributed by atoms with van der Waals surface area (Å²) in [5, 5.41) is 11.5. The summed E-state index contributed by atoms with van der Waals surface area (Å²) in [7, 11) is 2.00. The Morgan fingerprint density at radius 1 is 1.18 bits per heavy atom. The summed E-state index contributed by atoms with van der Waals surface area (Å²) >= 11 is 0. The molecule has 154 valence electrons. The number of aromatic nitrogens is 2. The van der Waals surface area contributed by atoms with E-state index < -0.39 is 0 Å². The van der Waals surface area contributed by atoms with E-state index in [0.717, 1.165) is 31.2 Å². The Balaban J connectivity index is 2.07. The third-order valence-corrected chi connectivity index (χ3v) is 5.36. The smallest absolute Gasteiger partial charge is 0.191 e. The predicted octanol–water partition coefficient (Wildman–Crippen LogP) is 3.81. The minimum Gasteiger partial charge on any atom is -0.357 e. The number of benzene rings is 1. The Morgan fingerprint density at radius 2 is 1.82 bits per heavy atom. The van der Waals surface area contributed by atoms with Gasteiger partial charge < -0.3 is 10.6 Å². The van der Waals surface area contributed by atoms with Crippen molar-refractivity contribution in [2.24, 2.45) is 12.0 Å². The van der Waals surface area contributed by atoms with Gasteiger partial charge in [-0.25, -0.2) is 0 Å². The average molecular weight is 384 g/mol. The van der Waals surface area contributed by atoms with Crippen molar-refractivity contribution in [1.29, 1.82) is 0 Å². The van der Waals surface area contributed by atoms with E-state index >= 15 is 0 Å². The van der Waals surface area contributed by atoms with Crippen molar-refractivity contribution >= 4 is 5.96 Å². The maximum atomic E-state index is 4.89. The molecule has 0 spiro atoms. The number of nitrogens with one attached hydrogen (secondary N) is 2. The second kappa shape index (κ2) is 9.26.